The highest BCUT2D eigenvalue weighted by Crippen LogP contribution is 2.40. The zero-order valence-electron chi connectivity index (χ0n) is 22.2. The van der Waals surface area contributed by atoms with Crippen molar-refractivity contribution in [2.75, 3.05) is 18.6 Å². The molecule has 1 unspecified atom stereocenters. The van der Waals surface area contributed by atoms with Crippen LogP contribution in [0.1, 0.15) is 40.7 Å². The molecule has 2 aliphatic heterocycles. The smallest absolute Gasteiger partial charge is 0.259 e. The molecule has 4 aromatic rings. The van der Waals surface area contributed by atoms with Gasteiger partial charge >= 0.3 is 0 Å². The van der Waals surface area contributed by atoms with Gasteiger partial charge in [0.25, 0.3) is 5.91 Å². The largest absolute Gasteiger partial charge is 0.497 e. The van der Waals surface area contributed by atoms with E-state index in [0.29, 0.717) is 37.2 Å². The van der Waals surface area contributed by atoms with Crippen molar-refractivity contribution in [3.05, 3.63) is 102 Å². The molecule has 1 amide bonds. The number of methoxy groups -OCH3 is 1. The fourth-order valence-electron chi connectivity index (χ4n) is 5.89. The maximum atomic E-state index is 13.8. The van der Waals surface area contributed by atoms with E-state index in [0.717, 1.165) is 34.0 Å². The van der Waals surface area contributed by atoms with Crippen LogP contribution in [0.3, 0.4) is 0 Å². The van der Waals surface area contributed by atoms with Crippen LogP contribution < -0.4 is 9.64 Å². The average molecular weight is 555 g/mol. The fraction of sp³-hybridized carbons (Fsp3) is 0.250. The van der Waals surface area contributed by atoms with E-state index in [2.05, 4.69) is 0 Å². The summed E-state index contributed by atoms with van der Waals surface area (Å²) in [6, 6.07) is 24.8. The van der Waals surface area contributed by atoms with Crippen LogP contribution in [0.15, 0.2) is 89.8 Å². The quantitative estimate of drug-likeness (QED) is 0.293. The highest BCUT2D eigenvalue weighted by molar-refractivity contribution is 7.89. The molecule has 8 heteroatoms. The lowest BCUT2D eigenvalue weighted by Gasteiger charge is -2.33. The van der Waals surface area contributed by atoms with Gasteiger partial charge in [0.05, 0.1) is 30.3 Å². The number of benzene rings is 4. The summed E-state index contributed by atoms with van der Waals surface area (Å²) in [5.41, 5.74) is 3.29. The Morgan fingerprint density at radius 2 is 1.70 bits per heavy atom. The molecule has 0 N–H and O–H groups in total. The molecular formula is C32H30N2O5S. The number of ketones is 1. The molecule has 2 heterocycles. The van der Waals surface area contributed by atoms with Crippen molar-refractivity contribution < 1.29 is 22.7 Å². The van der Waals surface area contributed by atoms with E-state index < -0.39 is 16.1 Å². The summed E-state index contributed by atoms with van der Waals surface area (Å²) in [6.07, 6.45) is 2.07. The summed E-state index contributed by atoms with van der Waals surface area (Å²) in [5, 5.41) is 1.70. The second kappa shape index (κ2) is 10.5. The molecule has 7 nitrogen and oxygen atoms in total. The molecule has 0 spiro atoms. The zero-order chi connectivity index (χ0) is 27.9. The first-order valence-electron chi connectivity index (χ1n) is 13.5. The van der Waals surface area contributed by atoms with E-state index in [1.54, 1.807) is 17.0 Å². The molecule has 204 valence electrons. The minimum Gasteiger partial charge on any atom is -0.497 e. The van der Waals surface area contributed by atoms with E-state index >= 15 is 0 Å². The van der Waals surface area contributed by atoms with Crippen molar-refractivity contribution >= 4 is 38.2 Å². The lowest BCUT2D eigenvalue weighted by molar-refractivity contribution is -0.122. The summed E-state index contributed by atoms with van der Waals surface area (Å²) in [7, 11) is -2.33. The van der Waals surface area contributed by atoms with E-state index in [1.807, 2.05) is 60.7 Å². The minimum atomic E-state index is -3.86. The van der Waals surface area contributed by atoms with Crippen molar-refractivity contribution in [3.63, 3.8) is 0 Å². The topological polar surface area (TPSA) is 84.0 Å². The summed E-state index contributed by atoms with van der Waals surface area (Å²) in [4.78, 5) is 29.0. The second-order valence-corrected chi connectivity index (χ2v) is 12.2. The number of amides is 1. The number of piperidine rings is 1. The first-order chi connectivity index (χ1) is 19.4. The molecule has 0 bridgehead atoms. The van der Waals surface area contributed by atoms with Crippen LogP contribution in [0.25, 0.3) is 10.8 Å². The first kappa shape index (κ1) is 26.2. The van der Waals surface area contributed by atoms with Gasteiger partial charge in [0.1, 0.15) is 5.75 Å². The van der Waals surface area contributed by atoms with Crippen molar-refractivity contribution in [1.82, 2.24) is 4.31 Å². The lowest BCUT2D eigenvalue weighted by Crippen LogP contribution is -2.48. The summed E-state index contributed by atoms with van der Waals surface area (Å²) in [6.45, 7) is 0.763. The Morgan fingerprint density at radius 1 is 0.925 bits per heavy atom. The maximum absolute atomic E-state index is 13.8. The van der Waals surface area contributed by atoms with E-state index in [9.17, 15) is 18.0 Å². The number of Topliss-reactive ketones (excluding diaryl/α,β-unsaturated/α-hetero) is 1. The van der Waals surface area contributed by atoms with Crippen LogP contribution in [0.5, 0.6) is 5.75 Å². The van der Waals surface area contributed by atoms with Gasteiger partial charge in [-0.2, -0.15) is 4.31 Å². The highest BCUT2D eigenvalue weighted by Gasteiger charge is 2.38. The number of hydrogen-bond donors (Lipinski definition) is 0. The molecule has 1 atom stereocenters. The lowest BCUT2D eigenvalue weighted by atomic mass is 9.93. The molecule has 6 rings (SSSR count). The van der Waals surface area contributed by atoms with E-state index in [1.165, 1.54) is 23.5 Å². The highest BCUT2D eigenvalue weighted by atomic mass is 32.2. The third-order valence-corrected chi connectivity index (χ3v) is 9.84. The van der Waals surface area contributed by atoms with Crippen LogP contribution in [-0.4, -0.2) is 44.1 Å². The van der Waals surface area contributed by atoms with Crippen molar-refractivity contribution in [3.8, 4) is 5.75 Å². The van der Waals surface area contributed by atoms with Crippen molar-refractivity contribution in [1.29, 1.82) is 0 Å². The minimum absolute atomic E-state index is 0.0584. The number of hydrogen-bond acceptors (Lipinski definition) is 5. The van der Waals surface area contributed by atoms with Gasteiger partial charge in [0.15, 0.2) is 5.78 Å². The average Bonchev–Trinajstić information content (AvgIpc) is 3.26. The monoisotopic (exact) mass is 554 g/mol. The maximum Gasteiger partial charge on any atom is 0.259 e. The van der Waals surface area contributed by atoms with E-state index in [-0.39, 0.29) is 23.0 Å². The Hall–Kier alpha value is -4.01. The number of carbonyl (C=O) groups excluding carboxylic acids is 2. The SMILES string of the molecule is COc1ccc(S(=O)(=O)N2CCCCC2C(=O)Cc2ccc3c4c(cccc24)C(=O)N3Cc2ccccc2)cc1. The number of carbonyl (C=O) groups is 2. The van der Waals surface area contributed by atoms with Gasteiger partial charge in [-0.05, 0) is 65.8 Å². The standard InChI is InChI=1S/C32H30N2O5S/c1-39-24-14-16-25(17-15-24)40(37,38)34-19-6-5-12-28(34)30(35)20-23-13-18-29-31-26(23)10-7-11-27(31)32(36)33(29)21-22-8-3-2-4-9-22/h2-4,7-11,13-18,28H,5-6,12,19-21H2,1H3. The Labute approximate surface area is 234 Å². The number of nitrogens with zero attached hydrogens (tertiary/aromatic N) is 2. The molecular weight excluding hydrogens is 524 g/mol. The number of rotatable bonds is 8. The van der Waals surface area contributed by atoms with Crippen LogP contribution in [-0.2, 0) is 27.8 Å². The molecule has 0 aromatic heterocycles. The predicted molar refractivity (Wildman–Crippen MR) is 154 cm³/mol. The second-order valence-electron chi connectivity index (χ2n) is 10.3. The molecule has 2 aliphatic rings. The van der Waals surface area contributed by atoms with Crippen LogP contribution in [0.4, 0.5) is 5.69 Å². The van der Waals surface area contributed by atoms with Gasteiger partial charge < -0.3 is 9.64 Å². The molecule has 1 saturated heterocycles. The fourth-order valence-corrected chi connectivity index (χ4v) is 7.56. The molecule has 0 saturated carbocycles. The third kappa shape index (κ3) is 4.57. The molecule has 40 heavy (non-hydrogen) atoms. The van der Waals surface area contributed by atoms with E-state index in [4.69, 9.17) is 4.74 Å². The summed E-state index contributed by atoms with van der Waals surface area (Å²) < 4.78 is 33.7. The Balaban J connectivity index is 1.30. The van der Waals surface area contributed by atoms with Crippen molar-refractivity contribution in [2.24, 2.45) is 0 Å². The van der Waals surface area contributed by atoms with Gasteiger partial charge in [-0.15, -0.1) is 0 Å². The zero-order valence-corrected chi connectivity index (χ0v) is 23.1. The van der Waals surface area contributed by atoms with Gasteiger partial charge in [-0.3, -0.25) is 9.59 Å². The molecule has 1 fully saturated rings. The summed E-state index contributed by atoms with van der Waals surface area (Å²) in [5.74, 6) is 0.373. The van der Waals surface area contributed by atoms with Crippen molar-refractivity contribution in [2.45, 2.75) is 43.2 Å². The van der Waals surface area contributed by atoms with Gasteiger partial charge in [-0.25, -0.2) is 8.42 Å². The third-order valence-electron chi connectivity index (χ3n) is 7.91. The number of sulfonamides is 1. The number of ether oxygens (including phenoxy) is 1. The van der Waals surface area contributed by atoms with Gasteiger partial charge in [-0.1, -0.05) is 55.0 Å². The van der Waals surface area contributed by atoms with Crippen LogP contribution in [0.2, 0.25) is 0 Å². The Morgan fingerprint density at radius 3 is 2.45 bits per heavy atom. The summed E-state index contributed by atoms with van der Waals surface area (Å²) >= 11 is 0. The molecule has 0 aliphatic carbocycles. The first-order valence-corrected chi connectivity index (χ1v) is 14.9. The normalized spacial score (nSPS) is 17.4. The number of anilines is 1. The van der Waals surface area contributed by atoms with Gasteiger partial charge in [0.2, 0.25) is 10.0 Å². The van der Waals surface area contributed by atoms with Crippen LogP contribution in [0, 0.1) is 0 Å². The molecule has 4 aromatic carbocycles. The Kier molecular flexibility index (Phi) is 6.90. The predicted octanol–water partition coefficient (Wildman–Crippen LogP) is 5.36. The van der Waals surface area contributed by atoms with Gasteiger partial charge in [0, 0.05) is 23.9 Å². The van der Waals surface area contributed by atoms with Crippen LogP contribution >= 0.6 is 0 Å². The Bertz CT molecular complexity index is 1700. The molecule has 0 radical (unpaired) electrons.